The van der Waals surface area contributed by atoms with Gasteiger partial charge in [0.15, 0.2) is 0 Å². The summed E-state index contributed by atoms with van der Waals surface area (Å²) in [7, 11) is -3.78. The molecule has 1 aliphatic rings. The SMILES string of the molecule is Cc1ccc(S(=O)(=O)N[C@H](CC(=O)N2CCOCC2)c2ccco2)cc1. The van der Waals surface area contributed by atoms with Gasteiger partial charge in [-0.15, -0.1) is 0 Å². The first-order valence-electron chi connectivity index (χ1n) is 8.43. The summed E-state index contributed by atoms with van der Waals surface area (Å²) in [6.07, 6.45) is 1.44. The predicted octanol–water partition coefficient (Wildman–Crippen LogP) is 1.86. The molecule has 1 fully saturated rings. The van der Waals surface area contributed by atoms with Gasteiger partial charge in [-0.1, -0.05) is 17.7 Å². The molecular formula is C18H22N2O5S. The Balaban J connectivity index is 1.78. The van der Waals surface area contributed by atoms with Crippen LogP contribution in [0.25, 0.3) is 0 Å². The van der Waals surface area contributed by atoms with Crippen molar-refractivity contribution in [2.45, 2.75) is 24.3 Å². The average molecular weight is 378 g/mol. The summed E-state index contributed by atoms with van der Waals surface area (Å²) in [5, 5.41) is 0. The minimum absolute atomic E-state index is 0.0153. The first-order valence-corrected chi connectivity index (χ1v) is 9.92. The van der Waals surface area contributed by atoms with E-state index in [1.165, 1.54) is 6.26 Å². The molecule has 8 heteroatoms. The zero-order valence-corrected chi connectivity index (χ0v) is 15.4. The second-order valence-corrected chi connectivity index (χ2v) is 7.91. The topological polar surface area (TPSA) is 88.9 Å². The minimum atomic E-state index is -3.78. The molecule has 0 spiro atoms. The highest BCUT2D eigenvalue weighted by Crippen LogP contribution is 2.22. The maximum atomic E-state index is 12.7. The highest BCUT2D eigenvalue weighted by Gasteiger charge is 2.28. The molecule has 0 saturated carbocycles. The molecule has 0 unspecified atom stereocenters. The average Bonchev–Trinajstić information content (AvgIpc) is 3.17. The van der Waals surface area contributed by atoms with E-state index in [1.54, 1.807) is 41.3 Å². The van der Waals surface area contributed by atoms with Crippen LogP contribution in [0, 0.1) is 6.92 Å². The minimum Gasteiger partial charge on any atom is -0.468 e. The van der Waals surface area contributed by atoms with Crippen molar-refractivity contribution in [1.82, 2.24) is 9.62 Å². The van der Waals surface area contributed by atoms with E-state index < -0.39 is 16.1 Å². The highest BCUT2D eigenvalue weighted by atomic mass is 32.2. The Morgan fingerprint density at radius 3 is 2.50 bits per heavy atom. The Kier molecular flexibility index (Phi) is 5.75. The molecule has 1 saturated heterocycles. The largest absolute Gasteiger partial charge is 0.468 e. The first kappa shape index (κ1) is 18.6. The number of morpholine rings is 1. The molecular weight excluding hydrogens is 356 g/mol. The van der Waals surface area contributed by atoms with Crippen molar-refractivity contribution in [2.75, 3.05) is 26.3 Å². The molecule has 26 heavy (non-hydrogen) atoms. The van der Waals surface area contributed by atoms with E-state index in [4.69, 9.17) is 9.15 Å². The van der Waals surface area contributed by atoms with Gasteiger partial charge in [-0.3, -0.25) is 4.79 Å². The van der Waals surface area contributed by atoms with Gasteiger partial charge in [0, 0.05) is 13.1 Å². The molecule has 3 rings (SSSR count). The van der Waals surface area contributed by atoms with Crippen LogP contribution in [-0.4, -0.2) is 45.5 Å². The second-order valence-electron chi connectivity index (χ2n) is 6.20. The molecule has 0 aliphatic carbocycles. The lowest BCUT2D eigenvalue weighted by atomic mass is 10.1. The zero-order chi connectivity index (χ0) is 18.6. The molecule has 140 valence electrons. The summed E-state index contributed by atoms with van der Waals surface area (Å²) in [5.41, 5.74) is 0.967. The lowest BCUT2D eigenvalue weighted by molar-refractivity contribution is -0.135. The summed E-state index contributed by atoms with van der Waals surface area (Å²) in [6, 6.07) is 9.11. The van der Waals surface area contributed by atoms with Crippen molar-refractivity contribution >= 4 is 15.9 Å². The second kappa shape index (κ2) is 8.03. The Morgan fingerprint density at radius 1 is 1.19 bits per heavy atom. The van der Waals surface area contributed by atoms with Crippen LogP contribution < -0.4 is 4.72 Å². The lowest BCUT2D eigenvalue weighted by Crippen LogP contribution is -2.42. The third-order valence-corrected chi connectivity index (χ3v) is 5.75. The van der Waals surface area contributed by atoms with Gasteiger partial charge in [-0.2, -0.15) is 4.72 Å². The summed E-state index contributed by atoms with van der Waals surface area (Å²) in [4.78, 5) is 14.4. The van der Waals surface area contributed by atoms with Crippen LogP contribution in [0.15, 0.2) is 52.0 Å². The summed E-state index contributed by atoms with van der Waals surface area (Å²) < 4.78 is 38.6. The van der Waals surface area contributed by atoms with Crippen LogP contribution in [0.1, 0.15) is 23.8 Å². The Labute approximate surface area is 153 Å². The highest BCUT2D eigenvalue weighted by molar-refractivity contribution is 7.89. The maximum absolute atomic E-state index is 12.7. The van der Waals surface area contributed by atoms with Gasteiger partial charge in [0.25, 0.3) is 0 Å². The van der Waals surface area contributed by atoms with Crippen molar-refractivity contribution in [1.29, 1.82) is 0 Å². The number of sulfonamides is 1. The van der Waals surface area contributed by atoms with Crippen molar-refractivity contribution in [3.63, 3.8) is 0 Å². The monoisotopic (exact) mass is 378 g/mol. The maximum Gasteiger partial charge on any atom is 0.241 e. The number of ether oxygens (including phenoxy) is 1. The number of furan rings is 1. The van der Waals surface area contributed by atoms with Gasteiger partial charge in [-0.25, -0.2) is 8.42 Å². The smallest absolute Gasteiger partial charge is 0.241 e. The van der Waals surface area contributed by atoms with E-state index in [1.807, 2.05) is 6.92 Å². The van der Waals surface area contributed by atoms with E-state index >= 15 is 0 Å². The molecule has 2 heterocycles. The van der Waals surface area contributed by atoms with Crippen LogP contribution in [0.2, 0.25) is 0 Å². The number of benzene rings is 1. The summed E-state index contributed by atoms with van der Waals surface area (Å²) in [6.45, 7) is 3.89. The van der Waals surface area contributed by atoms with Crippen LogP contribution >= 0.6 is 0 Å². The van der Waals surface area contributed by atoms with E-state index in [9.17, 15) is 13.2 Å². The van der Waals surface area contributed by atoms with Crippen molar-refractivity contribution in [3.8, 4) is 0 Å². The lowest BCUT2D eigenvalue weighted by Gasteiger charge is -2.28. The molecule has 0 bridgehead atoms. The number of nitrogens with one attached hydrogen (secondary N) is 1. The van der Waals surface area contributed by atoms with Crippen LogP contribution in [0.3, 0.4) is 0 Å². The molecule has 7 nitrogen and oxygen atoms in total. The Morgan fingerprint density at radius 2 is 1.88 bits per heavy atom. The molecule has 0 radical (unpaired) electrons. The normalized spacial score (nSPS) is 16.4. The number of aryl methyl sites for hydroxylation is 1. The molecule has 1 amide bonds. The number of carbonyl (C=O) groups excluding carboxylic acids is 1. The molecule has 1 aliphatic heterocycles. The fourth-order valence-electron chi connectivity index (χ4n) is 2.78. The van der Waals surface area contributed by atoms with E-state index in [2.05, 4.69) is 4.72 Å². The number of amides is 1. The van der Waals surface area contributed by atoms with Gasteiger partial charge >= 0.3 is 0 Å². The van der Waals surface area contributed by atoms with Crippen LogP contribution in [0.5, 0.6) is 0 Å². The van der Waals surface area contributed by atoms with Gasteiger partial charge in [-0.05, 0) is 31.2 Å². The fraction of sp³-hybridized carbons (Fsp3) is 0.389. The van der Waals surface area contributed by atoms with Gasteiger partial charge in [0.05, 0.1) is 36.8 Å². The first-order chi connectivity index (χ1) is 12.5. The third-order valence-electron chi connectivity index (χ3n) is 4.26. The molecule has 1 N–H and O–H groups in total. The van der Waals surface area contributed by atoms with Crippen molar-refractivity contribution in [3.05, 3.63) is 54.0 Å². The standard InChI is InChI=1S/C18H22N2O5S/c1-14-4-6-15(7-5-14)26(22,23)19-16(17-3-2-10-25-17)13-18(21)20-8-11-24-12-9-20/h2-7,10,16,19H,8-9,11-13H2,1H3/t16-/m1/s1. The fourth-order valence-corrected chi connectivity index (χ4v) is 3.98. The van der Waals surface area contributed by atoms with Gasteiger partial charge < -0.3 is 14.1 Å². The summed E-state index contributed by atoms with van der Waals surface area (Å²) in [5.74, 6) is 0.267. The molecule has 1 atom stereocenters. The Bertz CT molecular complexity index is 825. The number of hydrogen-bond acceptors (Lipinski definition) is 5. The third kappa shape index (κ3) is 4.51. The molecule has 1 aromatic carbocycles. The molecule has 2 aromatic rings. The molecule has 1 aromatic heterocycles. The van der Waals surface area contributed by atoms with Crippen LogP contribution in [-0.2, 0) is 19.6 Å². The van der Waals surface area contributed by atoms with E-state index in [0.29, 0.717) is 32.1 Å². The van der Waals surface area contributed by atoms with Gasteiger partial charge in [0.2, 0.25) is 15.9 Å². The van der Waals surface area contributed by atoms with E-state index in [0.717, 1.165) is 5.56 Å². The number of hydrogen-bond donors (Lipinski definition) is 1. The summed E-state index contributed by atoms with van der Waals surface area (Å²) >= 11 is 0. The Hall–Kier alpha value is -2.16. The number of rotatable bonds is 6. The predicted molar refractivity (Wildman–Crippen MR) is 95.0 cm³/mol. The van der Waals surface area contributed by atoms with E-state index in [-0.39, 0.29) is 17.2 Å². The number of carbonyl (C=O) groups is 1. The number of nitrogens with zero attached hydrogens (tertiary/aromatic N) is 1. The van der Waals surface area contributed by atoms with Gasteiger partial charge in [0.1, 0.15) is 5.76 Å². The quantitative estimate of drug-likeness (QED) is 0.829. The van der Waals surface area contributed by atoms with Crippen molar-refractivity contribution in [2.24, 2.45) is 0 Å². The zero-order valence-electron chi connectivity index (χ0n) is 14.6. The van der Waals surface area contributed by atoms with Crippen molar-refractivity contribution < 1.29 is 22.4 Å². The van der Waals surface area contributed by atoms with Crippen LogP contribution in [0.4, 0.5) is 0 Å².